The summed E-state index contributed by atoms with van der Waals surface area (Å²) < 4.78 is 22.0. The maximum absolute atomic E-state index is 14.7. The van der Waals surface area contributed by atoms with Crippen molar-refractivity contribution < 1.29 is 13.9 Å². The quantitative estimate of drug-likeness (QED) is 0.702. The van der Waals surface area contributed by atoms with Crippen LogP contribution in [0.5, 0.6) is 5.88 Å². The Balaban J connectivity index is 1.81. The smallest absolute Gasteiger partial charge is 0.228 e. The molecule has 1 amide bonds. The third kappa shape index (κ3) is 3.45. The van der Waals surface area contributed by atoms with Gasteiger partial charge in [-0.25, -0.2) is 9.67 Å². The van der Waals surface area contributed by atoms with Gasteiger partial charge in [-0.2, -0.15) is 14.6 Å². The second kappa shape index (κ2) is 6.82. The second-order valence-corrected chi connectivity index (χ2v) is 8.61. The number of nitrogens with zero attached hydrogens (tertiary/aromatic N) is 4. The summed E-state index contributed by atoms with van der Waals surface area (Å²) >= 11 is 0. The Morgan fingerprint density at radius 3 is 2.79 bits per heavy atom. The van der Waals surface area contributed by atoms with Gasteiger partial charge in [-0.05, 0) is 13.0 Å². The van der Waals surface area contributed by atoms with E-state index in [-0.39, 0.29) is 34.6 Å². The molecule has 3 aromatic rings. The number of carbonyl (C=O) groups excluding carboxylic acids is 1. The molecule has 4 rings (SSSR count). The lowest BCUT2D eigenvalue weighted by molar-refractivity contribution is -0.119. The minimum absolute atomic E-state index is 0.00167. The molecule has 9 heteroatoms. The molecule has 154 valence electrons. The average Bonchev–Trinajstić information content (AvgIpc) is 3.34. The Kier molecular flexibility index (Phi) is 4.55. The van der Waals surface area contributed by atoms with Gasteiger partial charge in [-0.1, -0.05) is 20.8 Å². The second-order valence-electron chi connectivity index (χ2n) is 8.61. The van der Waals surface area contributed by atoms with Crippen LogP contribution in [0.15, 0.2) is 12.3 Å². The number of nitrogens with one attached hydrogen (secondary N) is 2. The van der Waals surface area contributed by atoms with E-state index < -0.39 is 5.95 Å². The third-order valence-corrected chi connectivity index (χ3v) is 5.31. The molecule has 29 heavy (non-hydrogen) atoms. The standard InChI is InChI=1S/C20H25FN6O2/c1-10(11-6-15(28)22-8-11)29-19-16-14(26-27(5)18(16)21)7-13(24-19)12-9-23-25-17(12)20(2,3)4/h7,9-11H,6,8H2,1-5H3,(H,22,28)(H,23,25)/t10-,11-/m1/s1. The van der Waals surface area contributed by atoms with Crippen molar-refractivity contribution in [1.29, 1.82) is 0 Å². The van der Waals surface area contributed by atoms with E-state index in [0.29, 0.717) is 24.2 Å². The van der Waals surface area contributed by atoms with Crippen molar-refractivity contribution in [2.75, 3.05) is 6.54 Å². The van der Waals surface area contributed by atoms with Gasteiger partial charge in [-0.15, -0.1) is 0 Å². The predicted molar refractivity (Wildman–Crippen MR) is 106 cm³/mol. The topological polar surface area (TPSA) is 97.7 Å². The van der Waals surface area contributed by atoms with Crippen LogP contribution in [0.2, 0.25) is 0 Å². The van der Waals surface area contributed by atoms with Crippen molar-refractivity contribution in [2.24, 2.45) is 13.0 Å². The lowest BCUT2D eigenvalue weighted by atomic mass is 9.88. The van der Waals surface area contributed by atoms with Gasteiger partial charge in [0.25, 0.3) is 0 Å². The highest BCUT2D eigenvalue weighted by Gasteiger charge is 2.30. The SMILES string of the molecule is C[C@@H](Oc1nc(-c2c[nH]nc2C(C)(C)C)cc2nn(C)c(F)c12)[C@H]1CNC(=O)C1. The molecule has 3 aromatic heterocycles. The lowest BCUT2D eigenvalue weighted by Gasteiger charge is -2.20. The number of aromatic amines is 1. The first kappa shape index (κ1) is 19.4. The van der Waals surface area contributed by atoms with Crippen LogP contribution in [-0.2, 0) is 17.3 Å². The Morgan fingerprint density at radius 2 is 2.14 bits per heavy atom. The molecule has 0 bridgehead atoms. The van der Waals surface area contributed by atoms with Crippen molar-refractivity contribution in [3.63, 3.8) is 0 Å². The van der Waals surface area contributed by atoms with E-state index in [4.69, 9.17) is 4.74 Å². The van der Waals surface area contributed by atoms with Crippen LogP contribution in [0.3, 0.4) is 0 Å². The van der Waals surface area contributed by atoms with Gasteiger partial charge < -0.3 is 10.1 Å². The normalized spacial score (nSPS) is 18.3. The van der Waals surface area contributed by atoms with Crippen LogP contribution in [0.25, 0.3) is 22.2 Å². The summed E-state index contributed by atoms with van der Waals surface area (Å²) in [6.07, 6.45) is 1.85. The Morgan fingerprint density at radius 1 is 1.38 bits per heavy atom. The van der Waals surface area contributed by atoms with Crippen LogP contribution < -0.4 is 10.1 Å². The van der Waals surface area contributed by atoms with Gasteiger partial charge in [0, 0.05) is 43.1 Å². The summed E-state index contributed by atoms with van der Waals surface area (Å²) in [5, 5.41) is 14.6. The molecule has 8 nitrogen and oxygen atoms in total. The average molecular weight is 400 g/mol. The highest BCUT2D eigenvalue weighted by atomic mass is 19.1. The maximum atomic E-state index is 14.7. The molecular weight excluding hydrogens is 375 g/mol. The number of hydrogen-bond donors (Lipinski definition) is 2. The fraction of sp³-hybridized carbons (Fsp3) is 0.500. The molecule has 0 aliphatic carbocycles. The summed E-state index contributed by atoms with van der Waals surface area (Å²) in [6, 6.07) is 1.75. The first-order chi connectivity index (χ1) is 13.6. The van der Waals surface area contributed by atoms with Crippen LogP contribution in [0.1, 0.15) is 39.8 Å². The van der Waals surface area contributed by atoms with Gasteiger partial charge >= 0.3 is 0 Å². The van der Waals surface area contributed by atoms with Crippen LogP contribution in [0, 0.1) is 11.9 Å². The number of ether oxygens (including phenoxy) is 1. The minimum Gasteiger partial charge on any atom is -0.474 e. The fourth-order valence-electron chi connectivity index (χ4n) is 3.66. The summed E-state index contributed by atoms with van der Waals surface area (Å²) in [5.41, 5.74) is 2.54. The van der Waals surface area contributed by atoms with E-state index in [1.165, 1.54) is 4.68 Å². The molecule has 2 atom stereocenters. The van der Waals surface area contributed by atoms with Crippen molar-refractivity contribution in [1.82, 2.24) is 30.3 Å². The molecule has 0 saturated carbocycles. The van der Waals surface area contributed by atoms with Crippen LogP contribution >= 0.6 is 0 Å². The van der Waals surface area contributed by atoms with Crippen molar-refractivity contribution >= 4 is 16.8 Å². The molecule has 0 aromatic carbocycles. The monoisotopic (exact) mass is 400 g/mol. The van der Waals surface area contributed by atoms with E-state index in [1.54, 1.807) is 19.3 Å². The zero-order valence-electron chi connectivity index (χ0n) is 17.2. The summed E-state index contributed by atoms with van der Waals surface area (Å²) in [5.74, 6) is -0.332. The number of aryl methyl sites for hydroxylation is 1. The summed E-state index contributed by atoms with van der Waals surface area (Å²) in [4.78, 5) is 16.2. The summed E-state index contributed by atoms with van der Waals surface area (Å²) in [7, 11) is 1.54. The van der Waals surface area contributed by atoms with E-state index in [0.717, 1.165) is 11.3 Å². The van der Waals surface area contributed by atoms with E-state index in [2.05, 4.69) is 46.4 Å². The minimum atomic E-state index is -0.509. The van der Waals surface area contributed by atoms with E-state index in [1.807, 2.05) is 6.92 Å². The number of rotatable bonds is 4. The highest BCUT2D eigenvalue weighted by Crippen LogP contribution is 2.35. The number of hydrogen-bond acceptors (Lipinski definition) is 5. The summed E-state index contributed by atoms with van der Waals surface area (Å²) in [6.45, 7) is 8.60. The molecule has 1 aliphatic rings. The number of pyridine rings is 1. The molecular formula is C20H25FN6O2. The third-order valence-electron chi connectivity index (χ3n) is 5.31. The largest absolute Gasteiger partial charge is 0.474 e. The van der Waals surface area contributed by atoms with Gasteiger partial charge in [-0.3, -0.25) is 9.89 Å². The van der Waals surface area contributed by atoms with Crippen LogP contribution in [0.4, 0.5) is 4.39 Å². The molecule has 4 heterocycles. The first-order valence-corrected chi connectivity index (χ1v) is 9.66. The molecule has 0 radical (unpaired) electrons. The van der Waals surface area contributed by atoms with Crippen molar-refractivity contribution in [3.8, 4) is 17.1 Å². The lowest BCUT2D eigenvalue weighted by Crippen LogP contribution is -2.26. The number of halogens is 1. The first-order valence-electron chi connectivity index (χ1n) is 9.66. The predicted octanol–water partition coefficient (Wildman–Crippen LogP) is 2.70. The van der Waals surface area contributed by atoms with E-state index in [9.17, 15) is 9.18 Å². The van der Waals surface area contributed by atoms with Gasteiger partial charge in [0.1, 0.15) is 17.0 Å². The fourth-order valence-corrected chi connectivity index (χ4v) is 3.66. The number of aromatic nitrogens is 5. The van der Waals surface area contributed by atoms with Crippen LogP contribution in [-0.4, -0.2) is 43.5 Å². The van der Waals surface area contributed by atoms with Gasteiger partial charge in [0.15, 0.2) is 0 Å². The molecule has 1 saturated heterocycles. The number of H-pyrrole nitrogens is 1. The Hall–Kier alpha value is -2.97. The number of carbonyl (C=O) groups is 1. The van der Waals surface area contributed by atoms with Crippen molar-refractivity contribution in [2.45, 2.75) is 45.6 Å². The molecule has 1 aliphatic heterocycles. The molecule has 0 spiro atoms. The Labute approximate surface area is 167 Å². The zero-order valence-corrected chi connectivity index (χ0v) is 17.2. The molecule has 0 unspecified atom stereocenters. The zero-order chi connectivity index (χ0) is 20.9. The van der Waals surface area contributed by atoms with Crippen molar-refractivity contribution in [3.05, 3.63) is 23.9 Å². The highest BCUT2D eigenvalue weighted by molar-refractivity contribution is 5.87. The molecule has 2 N–H and O–H groups in total. The van der Waals surface area contributed by atoms with E-state index >= 15 is 0 Å². The molecule has 1 fully saturated rings. The van der Waals surface area contributed by atoms with Gasteiger partial charge in [0.2, 0.25) is 17.7 Å². The Bertz CT molecular complexity index is 1080. The maximum Gasteiger partial charge on any atom is 0.228 e. The number of fused-ring (bicyclic) bond motifs is 1. The van der Waals surface area contributed by atoms with Gasteiger partial charge in [0.05, 0.1) is 11.4 Å². The number of amides is 1.